The molecule has 0 saturated carbocycles. The number of hydrogen-bond acceptors (Lipinski definition) is 4. The minimum atomic E-state index is -0.0874. The van der Waals surface area contributed by atoms with Gasteiger partial charge in [0.25, 0.3) is 5.91 Å². The molecule has 0 aliphatic heterocycles. The van der Waals surface area contributed by atoms with E-state index in [2.05, 4.69) is 15.4 Å². The van der Waals surface area contributed by atoms with Gasteiger partial charge < -0.3 is 9.88 Å². The maximum atomic E-state index is 12.2. The first-order chi connectivity index (χ1) is 10.2. The molecule has 0 aliphatic rings. The SMILES string of the molecule is Cc1nc(-n2cccc2)sc1C(=O)NCCn1cccn1. The number of aromatic nitrogens is 4. The highest BCUT2D eigenvalue weighted by molar-refractivity contribution is 7.16. The predicted octanol–water partition coefficient (Wildman–Crippen LogP) is 1.87. The lowest BCUT2D eigenvalue weighted by molar-refractivity contribution is 0.0955. The van der Waals surface area contributed by atoms with Crippen LogP contribution in [0.1, 0.15) is 15.4 Å². The molecule has 3 heterocycles. The van der Waals surface area contributed by atoms with Gasteiger partial charge in [-0.15, -0.1) is 0 Å². The van der Waals surface area contributed by atoms with E-state index in [-0.39, 0.29) is 5.91 Å². The lowest BCUT2D eigenvalue weighted by Crippen LogP contribution is -2.27. The molecule has 6 nitrogen and oxygen atoms in total. The van der Waals surface area contributed by atoms with Gasteiger partial charge in [0.2, 0.25) is 0 Å². The molecule has 108 valence electrons. The summed E-state index contributed by atoms with van der Waals surface area (Å²) in [5.74, 6) is -0.0874. The fraction of sp³-hybridized carbons (Fsp3) is 0.214. The second kappa shape index (κ2) is 5.92. The van der Waals surface area contributed by atoms with Crippen LogP contribution in [0, 0.1) is 6.92 Å². The highest BCUT2D eigenvalue weighted by Gasteiger charge is 2.15. The van der Waals surface area contributed by atoms with Crippen LogP contribution in [0.2, 0.25) is 0 Å². The third-order valence-electron chi connectivity index (χ3n) is 3.00. The Labute approximate surface area is 126 Å². The van der Waals surface area contributed by atoms with Crippen molar-refractivity contribution in [2.24, 2.45) is 0 Å². The number of carbonyl (C=O) groups excluding carboxylic acids is 1. The summed E-state index contributed by atoms with van der Waals surface area (Å²) in [5.41, 5.74) is 0.750. The van der Waals surface area contributed by atoms with Crippen molar-refractivity contribution in [3.05, 3.63) is 53.6 Å². The topological polar surface area (TPSA) is 64.7 Å². The molecule has 1 N–H and O–H groups in total. The van der Waals surface area contributed by atoms with Crippen LogP contribution in [-0.2, 0) is 6.54 Å². The Kier molecular flexibility index (Phi) is 3.83. The van der Waals surface area contributed by atoms with E-state index in [0.29, 0.717) is 18.0 Å². The van der Waals surface area contributed by atoms with E-state index in [4.69, 9.17) is 0 Å². The van der Waals surface area contributed by atoms with E-state index >= 15 is 0 Å². The van der Waals surface area contributed by atoms with Gasteiger partial charge in [0.15, 0.2) is 5.13 Å². The second-order valence-corrected chi connectivity index (χ2v) is 5.50. The molecule has 1 amide bonds. The fourth-order valence-electron chi connectivity index (χ4n) is 1.96. The van der Waals surface area contributed by atoms with Crippen LogP contribution in [0.3, 0.4) is 0 Å². The second-order valence-electron chi connectivity index (χ2n) is 4.53. The number of nitrogens with zero attached hydrogens (tertiary/aromatic N) is 4. The third kappa shape index (κ3) is 3.03. The van der Waals surface area contributed by atoms with Gasteiger partial charge in [0, 0.05) is 31.3 Å². The van der Waals surface area contributed by atoms with Crippen molar-refractivity contribution in [3.8, 4) is 5.13 Å². The Bertz CT molecular complexity index is 715. The summed E-state index contributed by atoms with van der Waals surface area (Å²) in [5, 5.41) is 7.79. The first-order valence-corrected chi connectivity index (χ1v) is 7.42. The summed E-state index contributed by atoms with van der Waals surface area (Å²) in [6.45, 7) is 3.05. The van der Waals surface area contributed by atoms with E-state index in [1.807, 2.05) is 48.3 Å². The van der Waals surface area contributed by atoms with Crippen molar-refractivity contribution in [3.63, 3.8) is 0 Å². The third-order valence-corrected chi connectivity index (χ3v) is 4.17. The smallest absolute Gasteiger partial charge is 0.263 e. The Morgan fingerprint density at radius 2 is 2.10 bits per heavy atom. The Morgan fingerprint density at radius 3 is 2.81 bits per heavy atom. The van der Waals surface area contributed by atoms with Crippen molar-refractivity contribution < 1.29 is 4.79 Å². The number of nitrogens with one attached hydrogen (secondary N) is 1. The molecule has 0 bridgehead atoms. The number of hydrogen-bond donors (Lipinski definition) is 1. The minimum absolute atomic E-state index is 0.0874. The number of thiazole rings is 1. The molecule has 0 atom stereocenters. The largest absolute Gasteiger partial charge is 0.349 e. The van der Waals surface area contributed by atoms with Gasteiger partial charge in [0.1, 0.15) is 4.88 Å². The van der Waals surface area contributed by atoms with Crippen molar-refractivity contribution in [2.45, 2.75) is 13.5 Å². The molecule has 0 aromatic carbocycles. The van der Waals surface area contributed by atoms with Gasteiger partial charge in [-0.3, -0.25) is 9.48 Å². The van der Waals surface area contributed by atoms with Crippen LogP contribution in [0.5, 0.6) is 0 Å². The van der Waals surface area contributed by atoms with Crippen LogP contribution in [0.25, 0.3) is 5.13 Å². The lowest BCUT2D eigenvalue weighted by Gasteiger charge is -2.04. The Morgan fingerprint density at radius 1 is 1.29 bits per heavy atom. The quantitative estimate of drug-likeness (QED) is 0.782. The van der Waals surface area contributed by atoms with Crippen molar-refractivity contribution in [1.29, 1.82) is 0 Å². The molecule has 3 aromatic heterocycles. The average molecular weight is 301 g/mol. The number of amides is 1. The van der Waals surface area contributed by atoms with E-state index in [9.17, 15) is 4.79 Å². The fourth-order valence-corrected chi connectivity index (χ4v) is 2.91. The summed E-state index contributed by atoms with van der Waals surface area (Å²) in [6.07, 6.45) is 7.42. The van der Waals surface area contributed by atoms with Gasteiger partial charge in [-0.1, -0.05) is 11.3 Å². The van der Waals surface area contributed by atoms with E-state index in [1.54, 1.807) is 10.9 Å². The zero-order valence-electron chi connectivity index (χ0n) is 11.6. The molecule has 0 saturated heterocycles. The first-order valence-electron chi connectivity index (χ1n) is 6.60. The molecule has 0 unspecified atom stereocenters. The molecule has 21 heavy (non-hydrogen) atoms. The molecule has 3 aromatic rings. The summed E-state index contributed by atoms with van der Waals surface area (Å²) in [4.78, 5) is 17.3. The molecule has 7 heteroatoms. The van der Waals surface area contributed by atoms with Gasteiger partial charge in [-0.05, 0) is 25.1 Å². The summed E-state index contributed by atoms with van der Waals surface area (Å²) >= 11 is 1.39. The van der Waals surface area contributed by atoms with Crippen molar-refractivity contribution >= 4 is 17.2 Å². The summed E-state index contributed by atoms with van der Waals surface area (Å²) < 4.78 is 3.68. The lowest BCUT2D eigenvalue weighted by atomic mass is 10.4. The van der Waals surface area contributed by atoms with E-state index < -0.39 is 0 Å². The maximum absolute atomic E-state index is 12.2. The number of aryl methyl sites for hydroxylation is 1. The van der Waals surface area contributed by atoms with Crippen LogP contribution in [-0.4, -0.2) is 31.8 Å². The van der Waals surface area contributed by atoms with Gasteiger partial charge in [0.05, 0.1) is 12.2 Å². The van der Waals surface area contributed by atoms with Crippen LogP contribution in [0.15, 0.2) is 43.0 Å². The van der Waals surface area contributed by atoms with Crippen molar-refractivity contribution in [1.82, 2.24) is 24.6 Å². The van der Waals surface area contributed by atoms with Crippen molar-refractivity contribution in [2.75, 3.05) is 6.54 Å². The molecular formula is C14H15N5OS. The summed E-state index contributed by atoms with van der Waals surface area (Å²) in [7, 11) is 0. The highest BCUT2D eigenvalue weighted by atomic mass is 32.1. The maximum Gasteiger partial charge on any atom is 0.263 e. The monoisotopic (exact) mass is 301 g/mol. The van der Waals surface area contributed by atoms with E-state index in [1.165, 1.54) is 11.3 Å². The molecule has 0 aliphatic carbocycles. The van der Waals surface area contributed by atoms with Gasteiger partial charge in [-0.25, -0.2) is 4.98 Å². The Hall–Kier alpha value is -2.41. The van der Waals surface area contributed by atoms with Crippen LogP contribution >= 0.6 is 11.3 Å². The molecule has 0 fully saturated rings. The van der Waals surface area contributed by atoms with Crippen LogP contribution < -0.4 is 5.32 Å². The van der Waals surface area contributed by atoms with Gasteiger partial charge in [-0.2, -0.15) is 5.10 Å². The Balaban J connectivity index is 1.64. The minimum Gasteiger partial charge on any atom is -0.349 e. The normalized spacial score (nSPS) is 10.7. The van der Waals surface area contributed by atoms with Gasteiger partial charge >= 0.3 is 0 Å². The first kappa shape index (κ1) is 13.6. The molecular weight excluding hydrogens is 286 g/mol. The molecule has 3 rings (SSSR count). The molecule has 0 spiro atoms. The highest BCUT2D eigenvalue weighted by Crippen LogP contribution is 2.21. The van der Waals surface area contributed by atoms with Crippen LogP contribution in [0.4, 0.5) is 0 Å². The predicted molar refractivity (Wildman–Crippen MR) is 80.7 cm³/mol. The summed E-state index contributed by atoms with van der Waals surface area (Å²) in [6, 6.07) is 5.72. The standard InChI is InChI=1S/C14H15N5OS/c1-11-12(21-14(17-11)18-7-2-3-8-18)13(20)15-6-10-19-9-4-5-16-19/h2-5,7-9H,6,10H2,1H3,(H,15,20). The number of carbonyl (C=O) groups is 1. The zero-order chi connectivity index (χ0) is 14.7. The molecule has 0 radical (unpaired) electrons. The number of rotatable bonds is 5. The van der Waals surface area contributed by atoms with E-state index in [0.717, 1.165) is 10.8 Å². The zero-order valence-corrected chi connectivity index (χ0v) is 12.4. The average Bonchev–Trinajstić information content (AvgIpc) is 3.19.